The van der Waals surface area contributed by atoms with Crippen LogP contribution in [0.1, 0.15) is 74.9 Å². The zero-order valence-electron chi connectivity index (χ0n) is 32.2. The van der Waals surface area contributed by atoms with Crippen molar-refractivity contribution in [3.05, 3.63) is 108 Å². The van der Waals surface area contributed by atoms with Crippen LogP contribution in [-0.4, -0.2) is 98.5 Å². The van der Waals surface area contributed by atoms with Crippen molar-refractivity contribution in [3.63, 3.8) is 0 Å². The van der Waals surface area contributed by atoms with Gasteiger partial charge in [-0.1, -0.05) is 92.7 Å². The average Bonchev–Trinajstić information content (AvgIpc) is 4.07. The highest BCUT2D eigenvalue weighted by atomic mass is 16.6. The van der Waals surface area contributed by atoms with Crippen molar-refractivity contribution < 1.29 is 23.9 Å². The lowest BCUT2D eigenvalue weighted by molar-refractivity contribution is -0.144. The predicted octanol–water partition coefficient (Wildman–Crippen LogP) is 6.65. The van der Waals surface area contributed by atoms with Crippen LogP contribution in [0.2, 0.25) is 0 Å². The molecule has 56 heavy (non-hydrogen) atoms. The van der Waals surface area contributed by atoms with Crippen molar-refractivity contribution in [1.29, 1.82) is 0 Å². The third-order valence-electron chi connectivity index (χ3n) is 11.0. The number of amides is 3. The first-order chi connectivity index (χ1) is 27.3. The number of aromatic amines is 2. The van der Waals surface area contributed by atoms with Crippen LogP contribution in [0.4, 0.5) is 4.79 Å². The van der Waals surface area contributed by atoms with Crippen molar-refractivity contribution in [1.82, 2.24) is 34.6 Å². The SMILES string of the molecule is CCN(CC)[C@@H](C(=O)N1CCC[C@H]1c1ncc(-c2ccc(-c3ccc(-c4cnc([C@@H]5CCCN5C(=O)[C@H](COC)OC(N)=O)[nH]4)cc3)cc2)[nH]1)c1ccccc1. The van der Waals surface area contributed by atoms with E-state index >= 15 is 0 Å². The predicted molar refractivity (Wildman–Crippen MR) is 213 cm³/mol. The average molecular weight is 759 g/mol. The number of imidazole rings is 2. The molecule has 0 spiro atoms. The number of methoxy groups -OCH3 is 1. The first-order valence-corrected chi connectivity index (χ1v) is 19.5. The number of nitrogens with zero attached hydrogens (tertiary/aromatic N) is 5. The lowest BCUT2D eigenvalue weighted by Crippen LogP contribution is -2.44. The van der Waals surface area contributed by atoms with Crippen LogP contribution in [0, 0.1) is 0 Å². The fraction of sp³-hybridized carbons (Fsp3) is 0.372. The van der Waals surface area contributed by atoms with Gasteiger partial charge in [0.25, 0.3) is 5.91 Å². The Bertz CT molecular complexity index is 2090. The second-order valence-electron chi connectivity index (χ2n) is 14.3. The van der Waals surface area contributed by atoms with Crippen molar-refractivity contribution in [2.75, 3.05) is 39.9 Å². The fourth-order valence-corrected chi connectivity index (χ4v) is 8.14. The first-order valence-electron chi connectivity index (χ1n) is 19.5. The van der Waals surface area contributed by atoms with E-state index < -0.39 is 12.2 Å². The summed E-state index contributed by atoms with van der Waals surface area (Å²) in [5.74, 6) is 1.26. The Morgan fingerprint density at radius 2 is 1.23 bits per heavy atom. The van der Waals surface area contributed by atoms with E-state index in [4.69, 9.17) is 20.2 Å². The van der Waals surface area contributed by atoms with Gasteiger partial charge in [0.1, 0.15) is 17.7 Å². The van der Waals surface area contributed by atoms with E-state index in [9.17, 15) is 14.4 Å². The highest BCUT2D eigenvalue weighted by Gasteiger charge is 2.39. The fourth-order valence-electron chi connectivity index (χ4n) is 8.14. The van der Waals surface area contributed by atoms with E-state index in [1.165, 1.54) is 7.11 Å². The Hall–Kier alpha value is -5.79. The first kappa shape index (κ1) is 38.5. The quantitative estimate of drug-likeness (QED) is 0.113. The van der Waals surface area contributed by atoms with Crippen molar-refractivity contribution >= 4 is 17.9 Å². The van der Waals surface area contributed by atoms with Crippen LogP contribution in [0.5, 0.6) is 0 Å². The molecular formula is C43H50N8O5. The summed E-state index contributed by atoms with van der Waals surface area (Å²) >= 11 is 0. The van der Waals surface area contributed by atoms with Crippen molar-refractivity contribution in [2.45, 2.75) is 63.8 Å². The number of carbonyl (C=O) groups is 3. The van der Waals surface area contributed by atoms with Gasteiger partial charge in [-0.3, -0.25) is 14.5 Å². The van der Waals surface area contributed by atoms with E-state index in [2.05, 4.69) is 70.1 Å². The molecule has 2 aliphatic rings. The number of rotatable bonds is 14. The summed E-state index contributed by atoms with van der Waals surface area (Å²) in [5, 5.41) is 0. The van der Waals surface area contributed by atoms with Gasteiger partial charge >= 0.3 is 6.09 Å². The van der Waals surface area contributed by atoms with E-state index in [1.54, 1.807) is 11.1 Å². The maximum Gasteiger partial charge on any atom is 0.405 e. The number of likely N-dealkylation sites (tertiary alicyclic amines) is 2. The zero-order valence-corrected chi connectivity index (χ0v) is 32.2. The number of hydrogen-bond donors (Lipinski definition) is 3. The van der Waals surface area contributed by atoms with Gasteiger partial charge in [0.05, 0.1) is 42.5 Å². The smallest absolute Gasteiger partial charge is 0.405 e. The lowest BCUT2D eigenvalue weighted by atomic mass is 10.0. The molecule has 4 N–H and O–H groups in total. The minimum Gasteiger partial charge on any atom is -0.434 e. The Balaban J connectivity index is 1.01. The summed E-state index contributed by atoms with van der Waals surface area (Å²) in [7, 11) is 1.44. The minimum absolute atomic E-state index is 0.0795. The van der Waals surface area contributed by atoms with E-state index in [0.29, 0.717) is 18.9 Å². The number of benzene rings is 3. The molecule has 0 radical (unpaired) electrons. The molecule has 13 nitrogen and oxygen atoms in total. The summed E-state index contributed by atoms with van der Waals surface area (Å²) in [6.07, 6.45) is 4.85. The molecule has 0 bridgehead atoms. The summed E-state index contributed by atoms with van der Waals surface area (Å²) in [6, 6.07) is 26.0. The number of carbonyl (C=O) groups excluding carboxylic acids is 3. The summed E-state index contributed by atoms with van der Waals surface area (Å²) in [4.78, 5) is 61.1. The number of ether oxygens (including phenoxy) is 2. The van der Waals surface area contributed by atoms with Gasteiger partial charge in [-0.15, -0.1) is 0 Å². The summed E-state index contributed by atoms with van der Waals surface area (Å²) in [5.41, 5.74) is 12.1. The molecule has 0 aliphatic carbocycles. The zero-order chi connectivity index (χ0) is 39.2. The highest BCUT2D eigenvalue weighted by molar-refractivity contribution is 5.85. The van der Waals surface area contributed by atoms with Gasteiger partial charge in [-0.2, -0.15) is 0 Å². The Morgan fingerprint density at radius 1 is 0.750 bits per heavy atom. The summed E-state index contributed by atoms with van der Waals surface area (Å²) < 4.78 is 10.1. The Morgan fingerprint density at radius 3 is 1.70 bits per heavy atom. The van der Waals surface area contributed by atoms with Crippen LogP contribution >= 0.6 is 0 Å². The molecule has 13 heteroatoms. The van der Waals surface area contributed by atoms with Gasteiger partial charge in [-0.25, -0.2) is 14.8 Å². The van der Waals surface area contributed by atoms with Crippen LogP contribution < -0.4 is 5.73 Å². The maximum absolute atomic E-state index is 14.2. The summed E-state index contributed by atoms with van der Waals surface area (Å²) in [6.45, 7) is 6.94. The Kier molecular flexibility index (Phi) is 11.9. The largest absolute Gasteiger partial charge is 0.434 e. The molecule has 4 atom stereocenters. The van der Waals surface area contributed by atoms with Crippen LogP contribution in [0.3, 0.4) is 0 Å². The number of primary amides is 1. The normalized spacial score (nSPS) is 18.0. The topological polar surface area (TPSA) is 163 Å². The molecule has 2 fully saturated rings. The number of H-pyrrole nitrogens is 2. The third kappa shape index (κ3) is 8.10. The minimum atomic E-state index is -1.11. The van der Waals surface area contributed by atoms with Gasteiger partial charge in [-0.05, 0) is 66.6 Å². The standard InChI is InChI=1S/C43H50N8O5/c1-4-49(5-2)38(32-11-7-6-8-12-32)42(53)51-24-10-14-36(51)40-46-26-34(48-40)31-21-17-29(18-22-31)28-15-19-30(20-16-28)33-25-45-39(47-33)35-13-9-23-50(35)41(52)37(27-55-3)56-43(44)54/h6-8,11-12,15-22,25-26,35-38H,4-5,9-10,13-14,23-24,27H2,1-3H3,(H2,44,54)(H,45,47)(H,46,48)/t35-,36-,37-,38+/m0/s1. The molecule has 2 saturated heterocycles. The molecule has 2 aromatic heterocycles. The van der Waals surface area contributed by atoms with Crippen LogP contribution in [-0.2, 0) is 19.1 Å². The van der Waals surface area contributed by atoms with Gasteiger partial charge in [0.15, 0.2) is 0 Å². The number of aromatic nitrogens is 4. The van der Waals surface area contributed by atoms with Gasteiger partial charge < -0.3 is 35.0 Å². The van der Waals surface area contributed by atoms with Crippen molar-refractivity contribution in [2.24, 2.45) is 5.73 Å². The Labute approximate surface area is 327 Å². The molecule has 7 rings (SSSR count). The van der Waals surface area contributed by atoms with Gasteiger partial charge in [0, 0.05) is 20.2 Å². The molecule has 0 saturated carbocycles. The second-order valence-corrected chi connectivity index (χ2v) is 14.3. The molecular weight excluding hydrogens is 709 g/mol. The number of hydrogen-bond acceptors (Lipinski definition) is 8. The lowest BCUT2D eigenvalue weighted by Gasteiger charge is -2.34. The van der Waals surface area contributed by atoms with E-state index in [-0.39, 0.29) is 36.5 Å². The molecule has 292 valence electrons. The van der Waals surface area contributed by atoms with Crippen LogP contribution in [0.15, 0.2) is 91.3 Å². The molecule has 0 unspecified atom stereocenters. The monoisotopic (exact) mass is 758 g/mol. The number of nitrogens with one attached hydrogen (secondary N) is 2. The third-order valence-corrected chi connectivity index (χ3v) is 11.0. The maximum atomic E-state index is 14.2. The second kappa shape index (κ2) is 17.3. The molecule has 2 aliphatic heterocycles. The number of likely N-dealkylation sites (N-methyl/N-ethyl adjacent to an activating group) is 1. The van der Waals surface area contributed by atoms with Crippen molar-refractivity contribution in [3.8, 4) is 33.6 Å². The van der Waals surface area contributed by atoms with E-state index in [1.807, 2.05) is 53.6 Å². The molecule has 3 aromatic carbocycles. The van der Waals surface area contributed by atoms with Gasteiger partial charge in [0.2, 0.25) is 12.0 Å². The van der Waals surface area contributed by atoms with Crippen LogP contribution in [0.25, 0.3) is 33.6 Å². The van der Waals surface area contributed by atoms with E-state index in [0.717, 1.165) is 83.8 Å². The molecule has 4 heterocycles. The molecule has 3 amide bonds. The number of nitrogens with two attached hydrogens (primary N) is 1. The highest BCUT2D eigenvalue weighted by Crippen LogP contribution is 2.36. The molecule has 5 aromatic rings.